The summed E-state index contributed by atoms with van der Waals surface area (Å²) in [6.07, 6.45) is 15.9. The van der Waals surface area contributed by atoms with Crippen molar-refractivity contribution in [3.8, 4) is 0 Å². The molecule has 0 rings (SSSR count). The molecule has 1 unspecified atom stereocenters. The fourth-order valence-corrected chi connectivity index (χ4v) is 2.04. The highest BCUT2D eigenvalue weighted by molar-refractivity contribution is 6.20. The maximum absolute atomic E-state index is 6.25. The summed E-state index contributed by atoms with van der Waals surface area (Å²) in [5, 5.41) is 0.424. The van der Waals surface area contributed by atoms with Crippen LogP contribution in [0.4, 0.5) is 0 Å². The first-order valence-corrected chi connectivity index (χ1v) is 7.00. The smallest absolute Gasteiger partial charge is 0.0336 e. The van der Waals surface area contributed by atoms with Crippen LogP contribution in [0, 0.1) is 0 Å². The molecule has 15 heavy (non-hydrogen) atoms. The normalized spacial score (nSPS) is 13.5. The molecule has 0 aromatic carbocycles. The molecular weight excluding hydrogens is 204 g/mol. The average Bonchev–Trinajstić information content (AvgIpc) is 2.24. The van der Waals surface area contributed by atoms with Gasteiger partial charge in [-0.1, -0.05) is 51.2 Å². The third-order valence-electron chi connectivity index (χ3n) is 2.74. The minimum atomic E-state index is 0.424. The van der Waals surface area contributed by atoms with Gasteiger partial charge in [-0.15, -0.1) is 11.6 Å². The van der Waals surface area contributed by atoms with Crippen LogP contribution in [-0.4, -0.2) is 5.38 Å². The fraction of sp³-hybridized carbons (Fsp3) is 0.857. The molecular formula is C14H27Cl. The molecule has 0 nitrogen and oxygen atoms in total. The molecule has 0 aromatic heterocycles. The van der Waals surface area contributed by atoms with Gasteiger partial charge in [-0.05, 0) is 32.6 Å². The molecule has 0 aliphatic carbocycles. The quantitative estimate of drug-likeness (QED) is 0.257. The van der Waals surface area contributed by atoms with Crippen LogP contribution in [0.5, 0.6) is 0 Å². The van der Waals surface area contributed by atoms with E-state index in [0.29, 0.717) is 5.38 Å². The van der Waals surface area contributed by atoms with Crippen molar-refractivity contribution in [2.45, 2.75) is 77.0 Å². The van der Waals surface area contributed by atoms with Crippen molar-refractivity contribution in [3.05, 3.63) is 12.2 Å². The van der Waals surface area contributed by atoms with Crippen molar-refractivity contribution in [1.82, 2.24) is 0 Å². The second kappa shape index (κ2) is 12.1. The van der Waals surface area contributed by atoms with Crippen molar-refractivity contribution in [1.29, 1.82) is 0 Å². The van der Waals surface area contributed by atoms with E-state index in [1.54, 1.807) is 0 Å². The van der Waals surface area contributed by atoms with Gasteiger partial charge in [0.15, 0.2) is 0 Å². The maximum atomic E-state index is 6.25. The number of unbranched alkanes of at least 4 members (excludes halogenated alkanes) is 5. The highest BCUT2D eigenvalue weighted by Gasteiger charge is 2.03. The summed E-state index contributed by atoms with van der Waals surface area (Å²) in [5.74, 6) is 0. The highest BCUT2D eigenvalue weighted by atomic mass is 35.5. The molecule has 0 aromatic rings. The number of alkyl halides is 1. The molecule has 0 saturated carbocycles. The number of rotatable bonds is 10. The van der Waals surface area contributed by atoms with Crippen LogP contribution in [0.2, 0.25) is 0 Å². The van der Waals surface area contributed by atoms with Crippen molar-refractivity contribution in [3.63, 3.8) is 0 Å². The molecule has 0 bridgehead atoms. The molecule has 0 radical (unpaired) electrons. The Morgan fingerprint density at radius 3 is 2.27 bits per heavy atom. The van der Waals surface area contributed by atoms with Crippen LogP contribution in [0.25, 0.3) is 0 Å². The summed E-state index contributed by atoms with van der Waals surface area (Å²) in [5.41, 5.74) is 0. The molecule has 0 fully saturated rings. The lowest BCUT2D eigenvalue weighted by Gasteiger charge is -2.08. The van der Waals surface area contributed by atoms with Crippen molar-refractivity contribution < 1.29 is 0 Å². The summed E-state index contributed by atoms with van der Waals surface area (Å²) in [6.45, 7) is 4.33. The lowest BCUT2D eigenvalue weighted by Crippen LogP contribution is -1.98. The van der Waals surface area contributed by atoms with Crippen molar-refractivity contribution in [2.75, 3.05) is 0 Å². The van der Waals surface area contributed by atoms with Gasteiger partial charge in [0.2, 0.25) is 0 Å². The van der Waals surface area contributed by atoms with Crippen LogP contribution in [0.1, 0.15) is 71.6 Å². The predicted molar refractivity (Wildman–Crippen MR) is 71.7 cm³/mol. The topological polar surface area (TPSA) is 0 Å². The summed E-state index contributed by atoms with van der Waals surface area (Å²) in [4.78, 5) is 0. The molecule has 1 heteroatoms. The van der Waals surface area contributed by atoms with E-state index >= 15 is 0 Å². The first-order valence-electron chi connectivity index (χ1n) is 6.56. The van der Waals surface area contributed by atoms with Crippen molar-refractivity contribution in [2.24, 2.45) is 0 Å². The van der Waals surface area contributed by atoms with Crippen LogP contribution in [0.3, 0.4) is 0 Å². The first kappa shape index (κ1) is 15.0. The standard InChI is InChI=1S/C14H27Cl/c1-3-5-7-9-11-13-14(15)12-10-8-6-4-2/h3,5,14H,4,6-13H2,1-2H3/b5-3+. The van der Waals surface area contributed by atoms with Gasteiger partial charge in [0.05, 0.1) is 0 Å². The van der Waals surface area contributed by atoms with E-state index in [2.05, 4.69) is 26.0 Å². The summed E-state index contributed by atoms with van der Waals surface area (Å²) in [7, 11) is 0. The zero-order valence-corrected chi connectivity index (χ0v) is 11.2. The molecule has 90 valence electrons. The van der Waals surface area contributed by atoms with E-state index in [1.165, 1.54) is 57.8 Å². The third kappa shape index (κ3) is 12.0. The van der Waals surface area contributed by atoms with E-state index in [1.807, 2.05) is 0 Å². The van der Waals surface area contributed by atoms with E-state index in [4.69, 9.17) is 11.6 Å². The molecule has 0 amide bonds. The van der Waals surface area contributed by atoms with Crippen LogP contribution < -0.4 is 0 Å². The Bertz CT molecular complexity index is 140. The third-order valence-corrected chi connectivity index (χ3v) is 3.18. The highest BCUT2D eigenvalue weighted by Crippen LogP contribution is 2.16. The van der Waals surface area contributed by atoms with Gasteiger partial charge in [0.1, 0.15) is 0 Å². The molecule has 0 aliphatic heterocycles. The maximum Gasteiger partial charge on any atom is 0.0336 e. The monoisotopic (exact) mass is 230 g/mol. The Labute approximate surface area is 101 Å². The van der Waals surface area contributed by atoms with Crippen LogP contribution in [-0.2, 0) is 0 Å². The minimum absolute atomic E-state index is 0.424. The fourth-order valence-electron chi connectivity index (χ4n) is 1.73. The van der Waals surface area contributed by atoms with E-state index in [-0.39, 0.29) is 0 Å². The molecule has 1 atom stereocenters. The Morgan fingerprint density at radius 1 is 1.00 bits per heavy atom. The SMILES string of the molecule is C/C=C/CCCCC(Cl)CCCCCC. The molecule has 0 aliphatic rings. The molecule has 0 spiro atoms. The first-order chi connectivity index (χ1) is 7.31. The largest absolute Gasteiger partial charge is 0.123 e. The Balaban J connectivity index is 3.14. The lowest BCUT2D eigenvalue weighted by atomic mass is 10.1. The van der Waals surface area contributed by atoms with Crippen LogP contribution in [0.15, 0.2) is 12.2 Å². The Morgan fingerprint density at radius 2 is 1.67 bits per heavy atom. The van der Waals surface area contributed by atoms with Gasteiger partial charge >= 0.3 is 0 Å². The predicted octanol–water partition coefficient (Wildman–Crippen LogP) is 5.70. The number of halogens is 1. The van der Waals surface area contributed by atoms with Gasteiger partial charge in [0, 0.05) is 5.38 Å². The van der Waals surface area contributed by atoms with Gasteiger partial charge in [-0.3, -0.25) is 0 Å². The van der Waals surface area contributed by atoms with Gasteiger partial charge in [-0.25, -0.2) is 0 Å². The Hall–Kier alpha value is 0.0300. The Kier molecular flexibility index (Phi) is 12.1. The lowest BCUT2D eigenvalue weighted by molar-refractivity contribution is 0.572. The minimum Gasteiger partial charge on any atom is -0.123 e. The number of hydrogen-bond acceptors (Lipinski definition) is 0. The molecule has 0 N–H and O–H groups in total. The molecule has 0 heterocycles. The second-order valence-electron chi connectivity index (χ2n) is 4.30. The van der Waals surface area contributed by atoms with E-state index in [9.17, 15) is 0 Å². The van der Waals surface area contributed by atoms with Gasteiger partial charge in [-0.2, -0.15) is 0 Å². The average molecular weight is 231 g/mol. The zero-order chi connectivity index (χ0) is 11.4. The summed E-state index contributed by atoms with van der Waals surface area (Å²) in [6, 6.07) is 0. The molecule has 0 saturated heterocycles. The number of hydrogen-bond donors (Lipinski definition) is 0. The van der Waals surface area contributed by atoms with Gasteiger partial charge < -0.3 is 0 Å². The van der Waals surface area contributed by atoms with Crippen LogP contribution >= 0.6 is 11.6 Å². The van der Waals surface area contributed by atoms with E-state index in [0.717, 1.165) is 0 Å². The number of allylic oxidation sites excluding steroid dienone is 2. The van der Waals surface area contributed by atoms with E-state index < -0.39 is 0 Å². The summed E-state index contributed by atoms with van der Waals surface area (Å²) < 4.78 is 0. The summed E-state index contributed by atoms with van der Waals surface area (Å²) >= 11 is 6.25. The van der Waals surface area contributed by atoms with Gasteiger partial charge in [0.25, 0.3) is 0 Å². The van der Waals surface area contributed by atoms with Crippen molar-refractivity contribution >= 4 is 11.6 Å². The second-order valence-corrected chi connectivity index (χ2v) is 4.92. The zero-order valence-electron chi connectivity index (χ0n) is 10.5.